The summed E-state index contributed by atoms with van der Waals surface area (Å²) in [7, 11) is 0. The number of rotatable bonds is 6. The second-order valence-electron chi connectivity index (χ2n) is 9.17. The van der Waals surface area contributed by atoms with E-state index in [1.165, 1.54) is 12.1 Å². The van der Waals surface area contributed by atoms with Gasteiger partial charge in [-0.1, -0.05) is 30.3 Å². The Morgan fingerprint density at radius 3 is 2.85 bits per heavy atom. The fourth-order valence-electron chi connectivity index (χ4n) is 5.53. The van der Waals surface area contributed by atoms with Gasteiger partial charge in [0.15, 0.2) is 5.78 Å². The summed E-state index contributed by atoms with van der Waals surface area (Å²) in [6.45, 7) is 4.89. The first kappa shape index (κ1) is 22.5. The van der Waals surface area contributed by atoms with E-state index in [0.717, 1.165) is 31.6 Å². The number of Topliss-reactive ketones (excluding diaryl/α,β-unsaturated/α-hetero) is 1. The van der Waals surface area contributed by atoms with E-state index in [4.69, 9.17) is 9.84 Å². The molecular weight excluding hydrogens is 435 g/mol. The van der Waals surface area contributed by atoms with Gasteiger partial charge in [0.05, 0.1) is 5.41 Å². The maximum Gasteiger partial charge on any atom is 0.221 e. The van der Waals surface area contributed by atoms with Crippen molar-refractivity contribution < 1.29 is 18.7 Å². The van der Waals surface area contributed by atoms with Crippen LogP contribution >= 0.6 is 0 Å². The van der Waals surface area contributed by atoms with Crippen molar-refractivity contribution in [1.82, 2.24) is 10.2 Å². The monoisotopic (exact) mass is 464 g/mol. The van der Waals surface area contributed by atoms with Gasteiger partial charge < -0.3 is 15.0 Å². The Morgan fingerprint density at radius 1 is 1.24 bits per heavy atom. The van der Waals surface area contributed by atoms with Gasteiger partial charge >= 0.3 is 0 Å². The SMILES string of the molecule is CC(=O)C1=NN2c3cc(F)ccc3OC[C@H]2[C@@]1(CCCN1CCNC(=O)CC1)c1ccccc1. The molecule has 3 aliphatic rings. The van der Waals surface area contributed by atoms with Crippen molar-refractivity contribution in [3.63, 3.8) is 0 Å². The molecule has 0 aromatic heterocycles. The minimum absolute atomic E-state index is 0.0888. The first-order valence-electron chi connectivity index (χ1n) is 11.9. The molecule has 5 rings (SSSR count). The molecule has 1 fully saturated rings. The Labute approximate surface area is 198 Å². The first-order chi connectivity index (χ1) is 16.5. The molecule has 0 unspecified atom stereocenters. The van der Waals surface area contributed by atoms with Gasteiger partial charge in [0, 0.05) is 39.0 Å². The van der Waals surface area contributed by atoms with Crippen LogP contribution in [0.2, 0.25) is 0 Å². The molecule has 1 amide bonds. The van der Waals surface area contributed by atoms with Crippen LogP contribution in [0.3, 0.4) is 0 Å². The third-order valence-corrected chi connectivity index (χ3v) is 7.13. The van der Waals surface area contributed by atoms with Gasteiger partial charge in [-0.3, -0.25) is 14.6 Å². The number of halogens is 1. The molecule has 178 valence electrons. The van der Waals surface area contributed by atoms with E-state index in [9.17, 15) is 14.0 Å². The Morgan fingerprint density at radius 2 is 2.06 bits per heavy atom. The molecule has 3 aliphatic heterocycles. The zero-order valence-corrected chi connectivity index (χ0v) is 19.3. The van der Waals surface area contributed by atoms with E-state index in [1.54, 1.807) is 18.0 Å². The van der Waals surface area contributed by atoms with E-state index >= 15 is 0 Å². The van der Waals surface area contributed by atoms with E-state index in [-0.39, 0.29) is 23.5 Å². The number of fused-ring (bicyclic) bond motifs is 3. The number of hydrogen-bond acceptors (Lipinski definition) is 6. The van der Waals surface area contributed by atoms with Crippen molar-refractivity contribution in [2.24, 2.45) is 5.10 Å². The average Bonchev–Trinajstić information content (AvgIpc) is 3.05. The highest BCUT2D eigenvalue weighted by atomic mass is 19.1. The van der Waals surface area contributed by atoms with E-state index in [1.807, 2.05) is 30.3 Å². The van der Waals surface area contributed by atoms with Gasteiger partial charge in [-0.05, 0) is 37.1 Å². The standard InChI is InChI=1S/C26H29FN4O3/c1-18(32)25-26(19-6-3-2-4-7-19,11-5-13-30-14-10-24(33)28-12-15-30)23-17-34-22-9-8-20(27)16-21(22)31(23)29-25/h2-4,6-9,16,23H,5,10-15,17H2,1H3,(H,28,33)/t23-,26+/m0/s1. The normalized spacial score (nSPS) is 24.4. The smallest absolute Gasteiger partial charge is 0.221 e. The van der Waals surface area contributed by atoms with Crippen LogP contribution in [0.1, 0.15) is 31.7 Å². The number of ether oxygens (including phenoxy) is 1. The van der Waals surface area contributed by atoms with Crippen molar-refractivity contribution in [2.45, 2.75) is 37.6 Å². The van der Waals surface area contributed by atoms with Crippen LogP contribution in [-0.2, 0) is 15.0 Å². The zero-order valence-electron chi connectivity index (χ0n) is 19.3. The van der Waals surface area contributed by atoms with Gasteiger partial charge in [-0.25, -0.2) is 4.39 Å². The topological polar surface area (TPSA) is 74.2 Å². The number of benzene rings is 2. The molecule has 0 spiro atoms. The van der Waals surface area contributed by atoms with Crippen LogP contribution in [0.25, 0.3) is 0 Å². The van der Waals surface area contributed by atoms with Crippen molar-refractivity contribution in [1.29, 1.82) is 0 Å². The number of hydrazone groups is 1. The second kappa shape index (κ2) is 9.18. The number of anilines is 1. The third-order valence-electron chi connectivity index (χ3n) is 7.13. The van der Waals surface area contributed by atoms with E-state index < -0.39 is 5.41 Å². The Hall–Kier alpha value is -3.26. The minimum Gasteiger partial charge on any atom is -0.489 e. The lowest BCUT2D eigenvalue weighted by Crippen LogP contribution is -2.54. The quantitative estimate of drug-likeness (QED) is 0.712. The summed E-state index contributed by atoms with van der Waals surface area (Å²) in [6, 6.07) is 14.1. The molecule has 2 aromatic rings. The molecule has 8 heteroatoms. The lowest BCUT2D eigenvalue weighted by Gasteiger charge is -2.41. The van der Waals surface area contributed by atoms with Crippen molar-refractivity contribution >= 4 is 23.1 Å². The molecule has 3 heterocycles. The molecule has 2 atom stereocenters. The summed E-state index contributed by atoms with van der Waals surface area (Å²) < 4.78 is 20.2. The van der Waals surface area contributed by atoms with Crippen LogP contribution in [-0.4, -0.2) is 61.1 Å². The van der Waals surface area contributed by atoms with Crippen molar-refractivity contribution in [3.8, 4) is 5.75 Å². The summed E-state index contributed by atoms with van der Waals surface area (Å²) in [5.41, 5.74) is 1.35. The minimum atomic E-state index is -0.684. The van der Waals surface area contributed by atoms with Gasteiger partial charge in [-0.2, -0.15) is 5.10 Å². The Bertz CT molecular complexity index is 1120. The van der Waals surface area contributed by atoms with Gasteiger partial charge in [0.2, 0.25) is 5.91 Å². The zero-order chi connectivity index (χ0) is 23.7. The number of amides is 1. The highest BCUT2D eigenvalue weighted by Crippen LogP contribution is 2.48. The number of nitrogens with zero attached hydrogens (tertiary/aromatic N) is 3. The molecule has 34 heavy (non-hydrogen) atoms. The maximum absolute atomic E-state index is 14.2. The predicted octanol–water partition coefficient (Wildman–Crippen LogP) is 2.89. The highest BCUT2D eigenvalue weighted by molar-refractivity contribution is 6.43. The van der Waals surface area contributed by atoms with E-state index in [0.29, 0.717) is 43.1 Å². The summed E-state index contributed by atoms with van der Waals surface area (Å²) >= 11 is 0. The predicted molar refractivity (Wildman–Crippen MR) is 128 cm³/mol. The largest absolute Gasteiger partial charge is 0.489 e. The highest BCUT2D eigenvalue weighted by Gasteiger charge is 2.55. The van der Waals surface area contributed by atoms with Gasteiger partial charge in [0.25, 0.3) is 0 Å². The van der Waals surface area contributed by atoms with Crippen LogP contribution in [0, 0.1) is 5.82 Å². The number of ketones is 1. The molecule has 0 radical (unpaired) electrons. The molecule has 0 bridgehead atoms. The maximum atomic E-state index is 14.2. The van der Waals surface area contributed by atoms with Crippen LogP contribution in [0.15, 0.2) is 53.6 Å². The molecular formula is C26H29FN4O3. The molecule has 0 aliphatic carbocycles. The Kier molecular flexibility index (Phi) is 6.08. The van der Waals surface area contributed by atoms with Crippen molar-refractivity contribution in [3.05, 3.63) is 59.9 Å². The molecule has 0 saturated carbocycles. The summed E-state index contributed by atoms with van der Waals surface area (Å²) in [4.78, 5) is 27.0. The molecule has 1 N–H and O–H groups in total. The summed E-state index contributed by atoms with van der Waals surface area (Å²) in [6.07, 6.45) is 1.99. The lowest BCUT2D eigenvalue weighted by molar-refractivity contribution is -0.120. The number of carbonyl (C=O) groups is 2. The fourth-order valence-corrected chi connectivity index (χ4v) is 5.53. The number of nitrogens with one attached hydrogen (secondary N) is 1. The Balaban J connectivity index is 1.50. The fraction of sp³-hybridized carbons (Fsp3) is 0.423. The molecule has 7 nitrogen and oxygen atoms in total. The van der Waals surface area contributed by atoms with Crippen LogP contribution in [0.4, 0.5) is 10.1 Å². The summed E-state index contributed by atoms with van der Waals surface area (Å²) in [5.74, 6) is 0.186. The number of carbonyl (C=O) groups excluding carboxylic acids is 2. The van der Waals surface area contributed by atoms with Crippen LogP contribution in [0.5, 0.6) is 5.75 Å². The molecule has 2 aromatic carbocycles. The average molecular weight is 465 g/mol. The first-order valence-corrected chi connectivity index (χ1v) is 11.9. The third kappa shape index (κ3) is 3.96. The van der Waals surface area contributed by atoms with E-state index in [2.05, 4.69) is 10.2 Å². The van der Waals surface area contributed by atoms with Crippen LogP contribution < -0.4 is 15.1 Å². The lowest BCUT2D eigenvalue weighted by atomic mass is 9.67. The number of hydrogen-bond donors (Lipinski definition) is 1. The summed E-state index contributed by atoms with van der Waals surface area (Å²) in [5, 5.41) is 9.50. The second-order valence-corrected chi connectivity index (χ2v) is 9.17. The van der Waals surface area contributed by atoms with Crippen molar-refractivity contribution in [2.75, 3.05) is 37.8 Å². The molecule has 1 saturated heterocycles. The van der Waals surface area contributed by atoms with Gasteiger partial charge in [-0.15, -0.1) is 0 Å². The van der Waals surface area contributed by atoms with Gasteiger partial charge in [0.1, 0.15) is 35.6 Å².